The summed E-state index contributed by atoms with van der Waals surface area (Å²) in [6.45, 7) is 7.19. The van der Waals surface area contributed by atoms with Crippen LogP contribution in [0.2, 0.25) is 0 Å². The van der Waals surface area contributed by atoms with E-state index in [-0.39, 0.29) is 12.2 Å². The summed E-state index contributed by atoms with van der Waals surface area (Å²) in [6.07, 6.45) is 2.30. The molecule has 26 heavy (non-hydrogen) atoms. The van der Waals surface area contributed by atoms with Crippen molar-refractivity contribution in [1.29, 1.82) is 10.5 Å². The van der Waals surface area contributed by atoms with Crippen LogP contribution in [-0.2, 0) is 18.9 Å². The van der Waals surface area contributed by atoms with Crippen LogP contribution in [0, 0.1) is 22.7 Å². The summed E-state index contributed by atoms with van der Waals surface area (Å²) >= 11 is 0. The van der Waals surface area contributed by atoms with Crippen molar-refractivity contribution >= 4 is 0 Å². The molecule has 0 saturated carbocycles. The summed E-state index contributed by atoms with van der Waals surface area (Å²) in [5.74, 6) is 0. The fraction of sp³-hybridized carbons (Fsp3) is 0.889. The van der Waals surface area contributed by atoms with Gasteiger partial charge in [-0.1, -0.05) is 13.8 Å². The molecular formula is C18H28N4O4. The molecule has 8 nitrogen and oxygen atoms in total. The largest absolute Gasteiger partial charge is 0.379 e. The Kier molecular flexibility index (Phi) is 7.92. The van der Waals surface area contributed by atoms with E-state index in [4.69, 9.17) is 18.9 Å². The lowest BCUT2D eigenvalue weighted by molar-refractivity contribution is 0.100. The molecule has 8 heteroatoms. The third-order valence-electron chi connectivity index (χ3n) is 4.75. The summed E-state index contributed by atoms with van der Waals surface area (Å²) in [7, 11) is 0. The van der Waals surface area contributed by atoms with Gasteiger partial charge in [-0.25, -0.2) is 0 Å². The molecule has 0 amide bonds. The van der Waals surface area contributed by atoms with E-state index >= 15 is 0 Å². The monoisotopic (exact) mass is 364 g/mol. The molecule has 0 spiro atoms. The molecule has 0 radical (unpaired) electrons. The van der Waals surface area contributed by atoms with E-state index in [1.807, 2.05) is 13.8 Å². The molecule has 0 aromatic carbocycles. The zero-order chi connectivity index (χ0) is 18.9. The minimum Gasteiger partial charge on any atom is -0.379 e. The highest BCUT2D eigenvalue weighted by molar-refractivity contribution is 5.10. The Bertz CT molecular complexity index is 502. The average molecular weight is 364 g/mol. The van der Waals surface area contributed by atoms with E-state index in [0.717, 1.165) is 13.2 Å². The van der Waals surface area contributed by atoms with Gasteiger partial charge in [-0.15, -0.1) is 0 Å². The Morgan fingerprint density at radius 2 is 1.27 bits per heavy atom. The molecule has 144 valence electrons. The second-order valence-corrected chi connectivity index (χ2v) is 6.75. The highest BCUT2D eigenvalue weighted by Crippen LogP contribution is 2.27. The van der Waals surface area contributed by atoms with Crippen molar-refractivity contribution < 1.29 is 18.9 Å². The van der Waals surface area contributed by atoms with Gasteiger partial charge in [-0.2, -0.15) is 20.8 Å². The van der Waals surface area contributed by atoms with E-state index in [1.54, 1.807) is 0 Å². The Balaban J connectivity index is 1.88. The highest BCUT2D eigenvalue weighted by Gasteiger charge is 2.33. The summed E-state index contributed by atoms with van der Waals surface area (Å²) < 4.78 is 21.3. The van der Waals surface area contributed by atoms with Crippen molar-refractivity contribution in [2.24, 2.45) is 10.2 Å². The van der Waals surface area contributed by atoms with Crippen molar-refractivity contribution in [3.63, 3.8) is 0 Å². The molecule has 4 atom stereocenters. The fourth-order valence-electron chi connectivity index (χ4n) is 2.34. The van der Waals surface area contributed by atoms with Gasteiger partial charge in [-0.05, 0) is 12.8 Å². The van der Waals surface area contributed by atoms with Gasteiger partial charge < -0.3 is 18.9 Å². The molecule has 2 aliphatic heterocycles. The van der Waals surface area contributed by atoms with Crippen LogP contribution in [0.15, 0.2) is 10.2 Å². The third kappa shape index (κ3) is 6.62. The van der Waals surface area contributed by atoms with Gasteiger partial charge in [0.05, 0.1) is 51.8 Å². The smallest absolute Gasteiger partial charge is 0.169 e. The highest BCUT2D eigenvalue weighted by atomic mass is 16.6. The Hall–Kier alpha value is -1.58. The summed E-state index contributed by atoms with van der Waals surface area (Å²) in [5.41, 5.74) is -1.94. The number of hydrogen-bond acceptors (Lipinski definition) is 8. The number of azo groups is 1. The Morgan fingerprint density at radius 3 is 1.54 bits per heavy atom. The molecule has 0 aliphatic carbocycles. The normalized spacial score (nSPS) is 25.8. The number of epoxide rings is 2. The molecule has 4 unspecified atom stereocenters. The van der Waals surface area contributed by atoms with Crippen molar-refractivity contribution in [2.75, 3.05) is 39.6 Å². The maximum absolute atomic E-state index is 9.62. The van der Waals surface area contributed by atoms with Crippen LogP contribution < -0.4 is 0 Å². The molecule has 2 saturated heterocycles. The number of rotatable bonds is 14. The molecule has 2 rings (SSSR count). The van der Waals surface area contributed by atoms with Gasteiger partial charge in [0.25, 0.3) is 0 Å². The van der Waals surface area contributed by atoms with Gasteiger partial charge in [-0.3, -0.25) is 0 Å². The van der Waals surface area contributed by atoms with Crippen LogP contribution in [0.25, 0.3) is 0 Å². The van der Waals surface area contributed by atoms with Crippen molar-refractivity contribution in [1.82, 2.24) is 0 Å². The standard InChI is InChI=1S/C18H28N4O4/c1-3-17(13-19,5-7-23-9-15-11-25-15)21-22-18(4-2,14-20)6-8-24-10-16-12-26-16/h15-16H,3-12H2,1-2H3. The predicted molar refractivity (Wildman–Crippen MR) is 92.5 cm³/mol. The van der Waals surface area contributed by atoms with E-state index in [1.165, 1.54) is 0 Å². The van der Waals surface area contributed by atoms with Crippen LogP contribution in [0.5, 0.6) is 0 Å². The molecule has 2 fully saturated rings. The van der Waals surface area contributed by atoms with E-state index < -0.39 is 11.1 Å². The molecule has 0 N–H and O–H groups in total. The quantitative estimate of drug-likeness (QED) is 0.265. The zero-order valence-electron chi connectivity index (χ0n) is 15.6. The zero-order valence-corrected chi connectivity index (χ0v) is 15.6. The average Bonchev–Trinajstić information content (AvgIpc) is 3.58. The summed E-state index contributed by atoms with van der Waals surface area (Å²) in [5, 5.41) is 27.9. The lowest BCUT2D eigenvalue weighted by atomic mass is 9.94. The van der Waals surface area contributed by atoms with Crippen molar-refractivity contribution in [2.45, 2.75) is 62.8 Å². The predicted octanol–water partition coefficient (Wildman–Crippen LogP) is 2.39. The van der Waals surface area contributed by atoms with Crippen LogP contribution >= 0.6 is 0 Å². The lowest BCUT2D eigenvalue weighted by Gasteiger charge is -2.23. The first-order valence-corrected chi connectivity index (χ1v) is 9.26. The first-order valence-electron chi connectivity index (χ1n) is 9.26. The van der Waals surface area contributed by atoms with Crippen LogP contribution in [-0.4, -0.2) is 62.9 Å². The summed E-state index contributed by atoms with van der Waals surface area (Å²) in [6, 6.07) is 4.50. The van der Waals surface area contributed by atoms with E-state index in [9.17, 15) is 10.5 Å². The van der Waals surface area contributed by atoms with E-state index in [0.29, 0.717) is 52.1 Å². The molecular weight excluding hydrogens is 336 g/mol. The number of nitriles is 2. The number of nitrogens with zero attached hydrogens (tertiary/aromatic N) is 4. The minimum atomic E-state index is -0.968. The third-order valence-corrected chi connectivity index (χ3v) is 4.75. The number of ether oxygens (including phenoxy) is 4. The van der Waals surface area contributed by atoms with Gasteiger partial charge in [0, 0.05) is 12.8 Å². The fourth-order valence-corrected chi connectivity index (χ4v) is 2.34. The maximum atomic E-state index is 9.62. The Morgan fingerprint density at radius 1 is 0.885 bits per heavy atom. The van der Waals surface area contributed by atoms with Gasteiger partial charge in [0.2, 0.25) is 0 Å². The topological polar surface area (TPSA) is 116 Å². The van der Waals surface area contributed by atoms with Crippen LogP contribution in [0.4, 0.5) is 0 Å². The molecule has 0 aromatic rings. The van der Waals surface area contributed by atoms with Crippen LogP contribution in [0.1, 0.15) is 39.5 Å². The van der Waals surface area contributed by atoms with Crippen molar-refractivity contribution in [3.05, 3.63) is 0 Å². The maximum Gasteiger partial charge on any atom is 0.169 e. The molecule has 0 aromatic heterocycles. The first kappa shape index (κ1) is 20.7. The lowest BCUT2D eigenvalue weighted by Crippen LogP contribution is -2.30. The first-order chi connectivity index (χ1) is 12.6. The van der Waals surface area contributed by atoms with Gasteiger partial charge >= 0.3 is 0 Å². The molecule has 0 bridgehead atoms. The Labute approximate surface area is 155 Å². The second kappa shape index (κ2) is 9.94. The summed E-state index contributed by atoms with van der Waals surface area (Å²) in [4.78, 5) is 0. The van der Waals surface area contributed by atoms with Gasteiger partial charge in [0.15, 0.2) is 11.1 Å². The molecule has 2 aliphatic rings. The van der Waals surface area contributed by atoms with Crippen molar-refractivity contribution in [3.8, 4) is 12.1 Å². The second-order valence-electron chi connectivity index (χ2n) is 6.75. The van der Waals surface area contributed by atoms with Crippen LogP contribution in [0.3, 0.4) is 0 Å². The van der Waals surface area contributed by atoms with Gasteiger partial charge in [0.1, 0.15) is 12.2 Å². The SMILES string of the molecule is CCC(C#N)(CCOCC1CO1)N=NC(C#N)(CC)CCOCC1CO1. The minimum absolute atomic E-state index is 0.196. The molecule has 2 heterocycles. The van der Waals surface area contributed by atoms with E-state index in [2.05, 4.69) is 22.4 Å². The number of hydrogen-bond donors (Lipinski definition) is 0.